The molecule has 5 rings (SSSR count). The predicted octanol–water partition coefficient (Wildman–Crippen LogP) is 4.10. The summed E-state index contributed by atoms with van der Waals surface area (Å²) in [4.78, 5) is 17.4. The van der Waals surface area contributed by atoms with Crippen LogP contribution >= 0.6 is 0 Å². The number of aromatic nitrogens is 3. The normalized spacial score (nSPS) is 14.7. The van der Waals surface area contributed by atoms with Gasteiger partial charge in [0.15, 0.2) is 17.4 Å². The number of carbonyl (C=O) groups is 1. The Morgan fingerprint density at radius 2 is 1.83 bits per heavy atom. The number of fused-ring (bicyclic) bond motifs is 1. The van der Waals surface area contributed by atoms with Gasteiger partial charge >= 0.3 is 0 Å². The summed E-state index contributed by atoms with van der Waals surface area (Å²) in [6.45, 7) is 7.67. The lowest BCUT2D eigenvalue weighted by atomic mass is 10.0. The molecule has 0 bridgehead atoms. The number of anilines is 1. The molecule has 0 aliphatic carbocycles. The van der Waals surface area contributed by atoms with Crippen LogP contribution in [0.15, 0.2) is 61.1 Å². The molecule has 2 aromatic heterocycles. The summed E-state index contributed by atoms with van der Waals surface area (Å²) in [5.74, 6) is 1.30. The lowest BCUT2D eigenvalue weighted by molar-refractivity contribution is 0.0952. The Morgan fingerprint density at radius 3 is 2.54 bits per heavy atom. The number of ether oxygens (including phenoxy) is 2. The summed E-state index contributed by atoms with van der Waals surface area (Å²) in [5.41, 5.74) is 2.58. The average molecular weight is 559 g/mol. The van der Waals surface area contributed by atoms with Gasteiger partial charge < -0.3 is 34.3 Å². The molecule has 0 spiro atoms. The van der Waals surface area contributed by atoms with Crippen molar-refractivity contribution in [2.45, 2.75) is 25.8 Å². The van der Waals surface area contributed by atoms with Crippen LogP contribution < -0.4 is 19.7 Å². The van der Waals surface area contributed by atoms with E-state index in [9.17, 15) is 9.90 Å². The maximum Gasteiger partial charge on any atom is 0.252 e. The first-order chi connectivity index (χ1) is 20.0. The monoisotopic (exact) mass is 558 g/mol. The van der Waals surface area contributed by atoms with Crippen molar-refractivity contribution in [1.82, 2.24) is 25.0 Å². The molecule has 10 heteroatoms. The standard InChI is InChI=1S/C31H38N6O4/c1-4-35-15-17-36(18-16-35)27-8-5-7-24-25(27)21-37(31(24)39)26(22-10-11-28(40-2)29(19-22)41-3)9-6-13-32-30(38)23-12-14-33-34-20-23/h5,7-8,10-12,14,19-21,26,39H,4,6,9,13,15-18H2,1-3H3,(H,32,38)/t26-/m1/s1. The van der Waals surface area contributed by atoms with Gasteiger partial charge in [-0.2, -0.15) is 10.2 Å². The molecule has 2 aromatic carbocycles. The van der Waals surface area contributed by atoms with Gasteiger partial charge in [0.05, 0.1) is 38.2 Å². The van der Waals surface area contributed by atoms with Gasteiger partial charge in [0, 0.05) is 55.4 Å². The fraction of sp³-hybridized carbons (Fsp3) is 0.387. The number of piperazine rings is 1. The maximum atomic E-state index is 12.5. The zero-order valence-electron chi connectivity index (χ0n) is 23.9. The van der Waals surface area contributed by atoms with E-state index in [4.69, 9.17) is 9.47 Å². The third-order valence-corrected chi connectivity index (χ3v) is 7.91. The van der Waals surface area contributed by atoms with E-state index >= 15 is 0 Å². The Bertz CT molecular complexity index is 1470. The Morgan fingerprint density at radius 1 is 1.02 bits per heavy atom. The fourth-order valence-corrected chi connectivity index (χ4v) is 5.59. The molecule has 4 aromatic rings. The van der Waals surface area contributed by atoms with E-state index in [0.717, 1.165) is 54.7 Å². The first-order valence-electron chi connectivity index (χ1n) is 14.1. The molecule has 10 nitrogen and oxygen atoms in total. The summed E-state index contributed by atoms with van der Waals surface area (Å²) < 4.78 is 13.0. The Kier molecular flexibility index (Phi) is 8.88. The number of amides is 1. The number of aromatic hydroxyl groups is 1. The molecule has 0 saturated carbocycles. The zero-order valence-corrected chi connectivity index (χ0v) is 23.9. The molecule has 1 aliphatic heterocycles. The summed E-state index contributed by atoms with van der Waals surface area (Å²) >= 11 is 0. The predicted molar refractivity (Wildman–Crippen MR) is 159 cm³/mol. The minimum absolute atomic E-state index is 0.190. The van der Waals surface area contributed by atoms with Crippen molar-refractivity contribution in [1.29, 1.82) is 0 Å². The first-order valence-corrected chi connectivity index (χ1v) is 14.1. The van der Waals surface area contributed by atoms with E-state index in [0.29, 0.717) is 36.4 Å². The highest BCUT2D eigenvalue weighted by atomic mass is 16.5. The van der Waals surface area contributed by atoms with Gasteiger partial charge in [-0.3, -0.25) is 4.79 Å². The van der Waals surface area contributed by atoms with Crippen molar-refractivity contribution in [3.8, 4) is 17.4 Å². The second-order valence-electron chi connectivity index (χ2n) is 10.2. The van der Waals surface area contributed by atoms with Crippen LogP contribution in [0, 0.1) is 0 Å². The maximum absolute atomic E-state index is 12.5. The summed E-state index contributed by atoms with van der Waals surface area (Å²) in [7, 11) is 3.23. The first kappa shape index (κ1) is 28.2. The van der Waals surface area contributed by atoms with Gasteiger partial charge in [-0.15, -0.1) is 0 Å². The molecule has 216 valence electrons. The quantitative estimate of drug-likeness (QED) is 0.265. The highest BCUT2D eigenvalue weighted by Crippen LogP contribution is 2.40. The number of hydrogen-bond donors (Lipinski definition) is 2. The third-order valence-electron chi connectivity index (χ3n) is 7.91. The molecule has 0 radical (unpaired) electrons. The lowest BCUT2D eigenvalue weighted by Gasteiger charge is -2.35. The number of methoxy groups -OCH3 is 2. The van der Waals surface area contributed by atoms with Crippen LogP contribution in [0.2, 0.25) is 0 Å². The van der Waals surface area contributed by atoms with Gasteiger partial charge in [0.25, 0.3) is 5.91 Å². The van der Waals surface area contributed by atoms with E-state index in [1.807, 2.05) is 34.9 Å². The van der Waals surface area contributed by atoms with Gasteiger partial charge in [-0.25, -0.2) is 0 Å². The molecule has 1 atom stereocenters. The van der Waals surface area contributed by atoms with Crippen LogP contribution in [0.3, 0.4) is 0 Å². The SMILES string of the molecule is CCN1CCN(c2cccc3c(O)n([C@H](CCCNC(=O)c4ccnnc4)c4ccc(OC)c(OC)c4)cc23)CC1. The second kappa shape index (κ2) is 12.9. The Balaban J connectivity index is 1.44. The van der Waals surface area contributed by atoms with Crippen molar-refractivity contribution in [2.75, 3.05) is 58.4 Å². The lowest BCUT2D eigenvalue weighted by Crippen LogP contribution is -2.46. The molecule has 1 saturated heterocycles. The number of likely N-dealkylation sites (N-methyl/N-ethyl adjacent to an activating group) is 1. The number of nitrogens with one attached hydrogen (secondary N) is 1. The number of hydrogen-bond acceptors (Lipinski definition) is 8. The van der Waals surface area contributed by atoms with Crippen molar-refractivity contribution in [3.05, 3.63) is 72.2 Å². The smallest absolute Gasteiger partial charge is 0.252 e. The van der Waals surface area contributed by atoms with Gasteiger partial charge in [-0.05, 0) is 55.3 Å². The largest absolute Gasteiger partial charge is 0.494 e. The van der Waals surface area contributed by atoms with Crippen molar-refractivity contribution >= 4 is 22.4 Å². The van der Waals surface area contributed by atoms with E-state index in [1.165, 1.54) is 12.4 Å². The fourth-order valence-electron chi connectivity index (χ4n) is 5.59. The minimum Gasteiger partial charge on any atom is -0.494 e. The highest BCUT2D eigenvalue weighted by Gasteiger charge is 2.24. The van der Waals surface area contributed by atoms with Gasteiger partial charge in [0.1, 0.15) is 0 Å². The average Bonchev–Trinajstić information content (AvgIpc) is 3.37. The van der Waals surface area contributed by atoms with Crippen molar-refractivity contribution in [3.63, 3.8) is 0 Å². The molecule has 1 aliphatic rings. The minimum atomic E-state index is -0.202. The number of rotatable bonds is 11. The molecule has 41 heavy (non-hydrogen) atoms. The summed E-state index contributed by atoms with van der Waals surface area (Å²) in [6, 6.07) is 13.4. The Labute approximate surface area is 240 Å². The summed E-state index contributed by atoms with van der Waals surface area (Å²) in [6.07, 6.45) is 6.37. The van der Waals surface area contributed by atoms with Crippen LogP contribution in [0.1, 0.15) is 41.7 Å². The molecule has 1 fully saturated rings. The zero-order chi connectivity index (χ0) is 28.8. The van der Waals surface area contributed by atoms with Crippen LogP contribution in [0.25, 0.3) is 10.8 Å². The van der Waals surface area contributed by atoms with Crippen LogP contribution in [-0.4, -0.2) is 84.2 Å². The molecule has 3 heterocycles. The number of carbonyl (C=O) groups excluding carboxylic acids is 1. The highest BCUT2D eigenvalue weighted by molar-refractivity contribution is 5.98. The van der Waals surface area contributed by atoms with Gasteiger partial charge in [0.2, 0.25) is 0 Å². The topological polar surface area (TPSA) is 105 Å². The Hall–Kier alpha value is -4.31. The molecular weight excluding hydrogens is 520 g/mol. The van der Waals surface area contributed by atoms with Crippen molar-refractivity contribution in [2.24, 2.45) is 0 Å². The summed E-state index contributed by atoms with van der Waals surface area (Å²) in [5, 5.41) is 23.9. The van der Waals surface area contributed by atoms with Crippen molar-refractivity contribution < 1.29 is 19.4 Å². The van der Waals surface area contributed by atoms with E-state index in [-0.39, 0.29) is 17.8 Å². The van der Waals surface area contributed by atoms with E-state index in [2.05, 4.69) is 44.5 Å². The number of nitrogens with zero attached hydrogens (tertiary/aromatic N) is 5. The van der Waals surface area contributed by atoms with Crippen LogP contribution in [0.4, 0.5) is 5.69 Å². The third kappa shape index (κ3) is 6.07. The molecule has 2 N–H and O–H groups in total. The van der Waals surface area contributed by atoms with Gasteiger partial charge in [-0.1, -0.05) is 19.1 Å². The molecule has 1 amide bonds. The van der Waals surface area contributed by atoms with E-state index < -0.39 is 0 Å². The van der Waals surface area contributed by atoms with Crippen LogP contribution in [0.5, 0.6) is 17.4 Å². The number of benzene rings is 2. The van der Waals surface area contributed by atoms with Crippen LogP contribution in [-0.2, 0) is 0 Å². The molecule has 0 unspecified atom stereocenters. The molecular formula is C31H38N6O4. The second-order valence-corrected chi connectivity index (χ2v) is 10.2. The van der Waals surface area contributed by atoms with E-state index in [1.54, 1.807) is 20.3 Å².